The molecule has 0 radical (unpaired) electrons. The molecule has 4 heterocycles. The van der Waals surface area contributed by atoms with Gasteiger partial charge in [-0.25, -0.2) is 4.98 Å². The minimum absolute atomic E-state index is 0.0719. The largest absolute Gasteiger partial charge is 0.357 e. The second kappa shape index (κ2) is 9.56. The minimum atomic E-state index is 0.0719. The van der Waals surface area contributed by atoms with Gasteiger partial charge in [0, 0.05) is 37.7 Å². The highest BCUT2D eigenvalue weighted by molar-refractivity contribution is 5.87. The molecule has 35 heavy (non-hydrogen) atoms. The number of nitriles is 2. The molecule has 0 aliphatic carbocycles. The van der Waals surface area contributed by atoms with Crippen molar-refractivity contribution in [1.29, 1.82) is 10.5 Å². The average Bonchev–Trinajstić information content (AvgIpc) is 3.29. The molecule has 1 saturated heterocycles. The fourth-order valence-electron chi connectivity index (χ4n) is 5.54. The van der Waals surface area contributed by atoms with E-state index in [0.717, 1.165) is 67.0 Å². The van der Waals surface area contributed by atoms with Crippen molar-refractivity contribution in [2.45, 2.75) is 39.7 Å². The lowest BCUT2D eigenvalue weighted by Crippen LogP contribution is -2.44. The molecule has 0 spiro atoms. The molecule has 0 unspecified atom stereocenters. The molecule has 0 bridgehead atoms. The Labute approximate surface area is 206 Å². The third-order valence-corrected chi connectivity index (χ3v) is 7.61. The number of carbonyl (C=O) groups is 1. The summed E-state index contributed by atoms with van der Waals surface area (Å²) in [5, 5.41) is 19.6. The first-order valence-corrected chi connectivity index (χ1v) is 12.6. The monoisotopic (exact) mass is 469 g/mol. The number of likely N-dealkylation sites (N-methyl/N-ethyl adjacent to an activating group) is 1. The maximum Gasteiger partial charge on any atom is 0.237 e. The molecule has 0 N–H and O–H groups in total. The lowest BCUT2D eigenvalue weighted by atomic mass is 9.93. The molecule has 3 aromatic rings. The molecule has 2 aliphatic rings. The Hall–Kier alpha value is -3.62. The van der Waals surface area contributed by atoms with Gasteiger partial charge < -0.3 is 9.80 Å². The van der Waals surface area contributed by atoms with Gasteiger partial charge in [0.05, 0.1) is 29.2 Å². The maximum absolute atomic E-state index is 13.2. The van der Waals surface area contributed by atoms with Gasteiger partial charge in [-0.05, 0) is 50.0 Å². The van der Waals surface area contributed by atoms with E-state index in [9.17, 15) is 15.3 Å². The van der Waals surface area contributed by atoms with Crippen LogP contribution in [0.4, 0.5) is 5.82 Å². The molecule has 2 aromatic heterocycles. The number of imidazole rings is 1. The van der Waals surface area contributed by atoms with Gasteiger partial charge in [-0.2, -0.15) is 10.5 Å². The summed E-state index contributed by atoms with van der Waals surface area (Å²) in [7, 11) is 0. The molecule has 0 atom stereocenters. The summed E-state index contributed by atoms with van der Waals surface area (Å²) in [5.74, 6) is 1.23. The smallest absolute Gasteiger partial charge is 0.237 e. The highest BCUT2D eigenvalue weighted by atomic mass is 16.2. The highest BCUT2D eigenvalue weighted by Crippen LogP contribution is 2.38. The van der Waals surface area contributed by atoms with E-state index < -0.39 is 0 Å². The van der Waals surface area contributed by atoms with Crippen molar-refractivity contribution in [3.05, 3.63) is 41.0 Å². The van der Waals surface area contributed by atoms with Gasteiger partial charge in [0.25, 0.3) is 0 Å². The van der Waals surface area contributed by atoms with Crippen molar-refractivity contribution in [3.8, 4) is 12.1 Å². The molecule has 5 rings (SSSR count). The van der Waals surface area contributed by atoms with Crippen molar-refractivity contribution in [2.24, 2.45) is 5.92 Å². The zero-order valence-corrected chi connectivity index (χ0v) is 20.5. The number of hydrogen-bond acceptors (Lipinski definition) is 6. The quantitative estimate of drug-likeness (QED) is 0.569. The Morgan fingerprint density at radius 1 is 1.11 bits per heavy atom. The van der Waals surface area contributed by atoms with Crippen LogP contribution in [0.5, 0.6) is 0 Å². The summed E-state index contributed by atoms with van der Waals surface area (Å²) in [6.45, 7) is 8.87. The van der Waals surface area contributed by atoms with Crippen LogP contribution in [0.2, 0.25) is 0 Å². The first kappa shape index (κ1) is 23.1. The fourth-order valence-corrected chi connectivity index (χ4v) is 5.54. The summed E-state index contributed by atoms with van der Waals surface area (Å²) < 4.78 is 2.12. The standard InChI is InChI=1S/C27H31N7O/c1-3-31(4-2)18-25(35)33-14-11-20-21(16-29)26-30-23-7-5-6-8-24(23)34(26)27(22(20)17-33)32-12-9-19(15-28)10-13-32/h5-8,19H,3-4,9-14,17-18H2,1-2H3. The second-order valence-electron chi connectivity index (χ2n) is 9.44. The summed E-state index contributed by atoms with van der Waals surface area (Å²) in [4.78, 5) is 24.5. The van der Waals surface area contributed by atoms with Crippen molar-refractivity contribution >= 4 is 28.4 Å². The zero-order valence-electron chi connectivity index (χ0n) is 20.5. The van der Waals surface area contributed by atoms with Gasteiger partial charge in [0.1, 0.15) is 11.9 Å². The van der Waals surface area contributed by atoms with Gasteiger partial charge in [-0.3, -0.25) is 14.1 Å². The molecule has 8 nitrogen and oxygen atoms in total. The highest BCUT2D eigenvalue weighted by Gasteiger charge is 2.32. The zero-order chi connectivity index (χ0) is 24.5. The van der Waals surface area contributed by atoms with Crippen LogP contribution in [-0.4, -0.2) is 64.4 Å². The number of carbonyl (C=O) groups excluding carboxylic acids is 1. The summed E-state index contributed by atoms with van der Waals surface area (Å²) in [5.41, 5.74) is 5.18. The minimum Gasteiger partial charge on any atom is -0.357 e. The number of para-hydroxylation sites is 2. The van der Waals surface area contributed by atoms with Crippen molar-refractivity contribution < 1.29 is 4.79 Å². The van der Waals surface area contributed by atoms with E-state index >= 15 is 0 Å². The molecule has 1 fully saturated rings. The van der Waals surface area contributed by atoms with Crippen LogP contribution in [0.3, 0.4) is 0 Å². The normalized spacial score (nSPS) is 16.5. The number of amides is 1. The van der Waals surface area contributed by atoms with E-state index in [0.29, 0.717) is 37.3 Å². The molecule has 8 heteroatoms. The van der Waals surface area contributed by atoms with Crippen LogP contribution in [0.15, 0.2) is 24.3 Å². The Bertz CT molecular complexity index is 1350. The lowest BCUT2D eigenvalue weighted by molar-refractivity contribution is -0.133. The fraction of sp³-hybridized carbons (Fsp3) is 0.481. The lowest BCUT2D eigenvalue weighted by Gasteiger charge is -2.38. The number of aromatic nitrogens is 2. The summed E-state index contributed by atoms with van der Waals surface area (Å²) in [6, 6.07) is 12.8. The third kappa shape index (κ3) is 3.98. The predicted molar refractivity (Wildman–Crippen MR) is 135 cm³/mol. The van der Waals surface area contributed by atoms with Crippen molar-refractivity contribution in [3.63, 3.8) is 0 Å². The molecule has 0 saturated carbocycles. The first-order chi connectivity index (χ1) is 17.1. The Kier molecular flexibility index (Phi) is 6.32. The Balaban J connectivity index is 1.66. The van der Waals surface area contributed by atoms with Crippen molar-refractivity contribution in [2.75, 3.05) is 44.2 Å². The number of piperidine rings is 1. The van der Waals surface area contributed by atoms with Gasteiger partial charge >= 0.3 is 0 Å². The Morgan fingerprint density at radius 2 is 1.86 bits per heavy atom. The van der Waals surface area contributed by atoms with Crippen LogP contribution in [0.25, 0.3) is 16.7 Å². The number of hydrogen-bond donors (Lipinski definition) is 0. The van der Waals surface area contributed by atoms with E-state index in [1.165, 1.54) is 0 Å². The van der Waals surface area contributed by atoms with Crippen LogP contribution >= 0.6 is 0 Å². The van der Waals surface area contributed by atoms with Gasteiger partial charge in [0.2, 0.25) is 5.91 Å². The SMILES string of the molecule is CCN(CC)CC(=O)N1CCc2c(c(N3CCC(C#N)CC3)n3c(nc4ccccc43)c2C#N)C1. The van der Waals surface area contributed by atoms with E-state index in [1.807, 2.05) is 29.2 Å². The van der Waals surface area contributed by atoms with Crippen LogP contribution in [0.1, 0.15) is 43.4 Å². The predicted octanol–water partition coefficient (Wildman–Crippen LogP) is 3.33. The number of anilines is 1. The number of pyridine rings is 1. The number of benzene rings is 1. The molecule has 180 valence electrons. The number of rotatable bonds is 5. The average molecular weight is 470 g/mol. The van der Waals surface area contributed by atoms with Gasteiger partial charge in [0.15, 0.2) is 5.65 Å². The van der Waals surface area contributed by atoms with Crippen LogP contribution < -0.4 is 4.90 Å². The molecule has 2 aliphatic heterocycles. The van der Waals surface area contributed by atoms with E-state index in [2.05, 4.69) is 40.2 Å². The number of nitrogens with zero attached hydrogens (tertiary/aromatic N) is 7. The third-order valence-electron chi connectivity index (χ3n) is 7.61. The molecular formula is C27H31N7O. The Morgan fingerprint density at radius 3 is 2.54 bits per heavy atom. The van der Waals surface area contributed by atoms with E-state index in [4.69, 9.17) is 4.98 Å². The van der Waals surface area contributed by atoms with Crippen LogP contribution in [0, 0.1) is 28.6 Å². The molecule has 1 amide bonds. The van der Waals surface area contributed by atoms with Crippen LogP contribution in [-0.2, 0) is 17.8 Å². The number of fused-ring (bicyclic) bond motifs is 4. The maximum atomic E-state index is 13.2. The van der Waals surface area contributed by atoms with Crippen molar-refractivity contribution in [1.82, 2.24) is 19.2 Å². The van der Waals surface area contributed by atoms with E-state index in [-0.39, 0.29) is 11.8 Å². The summed E-state index contributed by atoms with van der Waals surface area (Å²) >= 11 is 0. The second-order valence-corrected chi connectivity index (χ2v) is 9.44. The molecular weight excluding hydrogens is 438 g/mol. The van der Waals surface area contributed by atoms with E-state index in [1.54, 1.807) is 0 Å². The topological polar surface area (TPSA) is 91.7 Å². The summed E-state index contributed by atoms with van der Waals surface area (Å²) in [6.07, 6.45) is 2.26. The molecule has 1 aromatic carbocycles. The van der Waals surface area contributed by atoms with Gasteiger partial charge in [-0.1, -0.05) is 26.0 Å². The first-order valence-electron chi connectivity index (χ1n) is 12.6. The van der Waals surface area contributed by atoms with Gasteiger partial charge in [-0.15, -0.1) is 0 Å².